The lowest BCUT2D eigenvalue weighted by Gasteiger charge is -2.13. The Morgan fingerprint density at radius 3 is 2.83 bits per heavy atom. The minimum Gasteiger partial charge on any atom is -0.491 e. The molecule has 23 heavy (non-hydrogen) atoms. The van der Waals surface area contributed by atoms with Gasteiger partial charge < -0.3 is 20.1 Å². The molecule has 1 heterocycles. The molecule has 0 bridgehead atoms. The third-order valence-corrected chi connectivity index (χ3v) is 3.79. The molecule has 126 valence electrons. The summed E-state index contributed by atoms with van der Waals surface area (Å²) in [6.07, 6.45) is 4.73. The molecular weight excluding hydrogens is 312 g/mol. The smallest absolute Gasteiger partial charge is 0.226 e. The van der Waals surface area contributed by atoms with E-state index in [0.717, 1.165) is 43.7 Å². The van der Waals surface area contributed by atoms with Gasteiger partial charge in [-0.2, -0.15) is 0 Å². The van der Waals surface area contributed by atoms with Crippen molar-refractivity contribution in [2.75, 3.05) is 18.5 Å². The van der Waals surface area contributed by atoms with Gasteiger partial charge in [-0.15, -0.1) is 0 Å². The van der Waals surface area contributed by atoms with Crippen LogP contribution in [0.3, 0.4) is 0 Å². The van der Waals surface area contributed by atoms with Crippen LogP contribution in [-0.4, -0.2) is 30.3 Å². The summed E-state index contributed by atoms with van der Waals surface area (Å²) in [5.41, 5.74) is 0.815. The number of carbonyl (C=O) groups is 1. The molecule has 1 fully saturated rings. The summed E-state index contributed by atoms with van der Waals surface area (Å²) in [6.45, 7) is 3.46. The Morgan fingerprint density at radius 1 is 1.39 bits per heavy atom. The normalized spacial score (nSPS) is 16.8. The Balaban J connectivity index is 1.73. The number of ether oxygens (including phenoxy) is 2. The number of benzene rings is 1. The van der Waals surface area contributed by atoms with Crippen LogP contribution in [0, 0.1) is 0 Å². The number of nitrogens with one attached hydrogen (secondary N) is 2. The van der Waals surface area contributed by atoms with Gasteiger partial charge >= 0.3 is 0 Å². The number of hydrogen-bond donors (Lipinski definition) is 2. The molecule has 1 amide bonds. The number of rotatable bonds is 7. The zero-order chi connectivity index (χ0) is 16.5. The van der Waals surface area contributed by atoms with Gasteiger partial charge in [0.1, 0.15) is 12.4 Å². The van der Waals surface area contributed by atoms with Crippen LogP contribution in [0.4, 0.5) is 5.69 Å². The summed E-state index contributed by atoms with van der Waals surface area (Å²) < 4.78 is 11.2. The first-order valence-electron chi connectivity index (χ1n) is 8.12. The largest absolute Gasteiger partial charge is 0.491 e. The average Bonchev–Trinajstić information content (AvgIpc) is 3.05. The van der Waals surface area contributed by atoms with Gasteiger partial charge in [-0.25, -0.2) is 0 Å². The minimum atomic E-state index is -0.0548. The van der Waals surface area contributed by atoms with E-state index < -0.39 is 0 Å². The second-order valence-corrected chi connectivity index (χ2v) is 5.98. The maximum absolute atomic E-state index is 11.6. The highest BCUT2D eigenvalue weighted by Crippen LogP contribution is 2.18. The number of carbonyl (C=O) groups excluding carboxylic acids is 1. The van der Waals surface area contributed by atoms with E-state index in [0.29, 0.717) is 18.1 Å². The topological polar surface area (TPSA) is 59.6 Å². The van der Waals surface area contributed by atoms with E-state index >= 15 is 0 Å². The fraction of sp³-hybridized carbons (Fsp3) is 0.529. The average molecular weight is 336 g/mol. The van der Waals surface area contributed by atoms with Gasteiger partial charge in [0.25, 0.3) is 0 Å². The van der Waals surface area contributed by atoms with E-state index in [1.54, 1.807) is 0 Å². The van der Waals surface area contributed by atoms with Crippen LogP contribution in [0.2, 0.25) is 0 Å². The molecule has 0 aromatic heterocycles. The summed E-state index contributed by atoms with van der Waals surface area (Å²) in [5, 5.41) is 5.99. The first-order chi connectivity index (χ1) is 11.2. The molecule has 6 heteroatoms. The molecule has 0 spiro atoms. The highest BCUT2D eigenvalue weighted by atomic mass is 32.1. The molecule has 1 atom stereocenters. The second kappa shape index (κ2) is 9.47. The second-order valence-electron chi connectivity index (χ2n) is 5.58. The van der Waals surface area contributed by atoms with Crippen molar-refractivity contribution >= 4 is 28.9 Å². The molecule has 0 unspecified atom stereocenters. The van der Waals surface area contributed by atoms with Crippen LogP contribution in [0.5, 0.6) is 5.75 Å². The van der Waals surface area contributed by atoms with Crippen molar-refractivity contribution in [2.45, 2.75) is 45.1 Å². The highest BCUT2D eigenvalue weighted by molar-refractivity contribution is 7.80. The van der Waals surface area contributed by atoms with Gasteiger partial charge in [-0.1, -0.05) is 13.3 Å². The highest BCUT2D eigenvalue weighted by Gasteiger charge is 2.15. The monoisotopic (exact) mass is 336 g/mol. The number of thiocarbonyl (C=S) groups is 1. The molecule has 2 rings (SSSR count). The Hall–Kier alpha value is -1.66. The minimum absolute atomic E-state index is 0.0548. The third kappa shape index (κ3) is 6.54. The molecule has 0 aliphatic carbocycles. The van der Waals surface area contributed by atoms with Crippen LogP contribution in [-0.2, 0) is 9.53 Å². The van der Waals surface area contributed by atoms with Crippen LogP contribution >= 0.6 is 12.2 Å². The van der Waals surface area contributed by atoms with Gasteiger partial charge in [0.2, 0.25) is 5.91 Å². The van der Waals surface area contributed by atoms with Crippen LogP contribution in [0.1, 0.15) is 39.0 Å². The Kier molecular flexibility index (Phi) is 7.29. The number of unbranched alkanes of at least 4 members (excludes halogenated alkanes) is 1. The predicted octanol–water partition coefficient (Wildman–Crippen LogP) is 3.25. The third-order valence-electron chi connectivity index (χ3n) is 3.58. The lowest BCUT2D eigenvalue weighted by Crippen LogP contribution is -2.33. The first kappa shape index (κ1) is 17.7. The maximum atomic E-state index is 11.6. The molecule has 1 aliphatic rings. The van der Waals surface area contributed by atoms with E-state index in [9.17, 15) is 4.79 Å². The standard InChI is InChI=1S/C17H24N2O3S/c1-2-3-6-16(20)19-17(23)18-13-7-9-14(10-8-13)22-12-15-5-4-11-21-15/h7-10,15H,2-6,11-12H2,1H3,(H2,18,19,20,23)/t15-/m0/s1. The summed E-state index contributed by atoms with van der Waals surface area (Å²) in [5.74, 6) is 0.741. The van der Waals surface area contributed by atoms with Gasteiger partial charge in [0.15, 0.2) is 5.11 Å². The van der Waals surface area contributed by atoms with E-state index in [2.05, 4.69) is 10.6 Å². The first-order valence-corrected chi connectivity index (χ1v) is 8.53. The fourth-order valence-electron chi connectivity index (χ4n) is 2.29. The Morgan fingerprint density at radius 2 is 2.17 bits per heavy atom. The Bertz CT molecular complexity index is 513. The van der Waals surface area contributed by atoms with Gasteiger partial charge in [-0.3, -0.25) is 4.79 Å². The van der Waals surface area contributed by atoms with E-state index in [1.807, 2.05) is 31.2 Å². The van der Waals surface area contributed by atoms with Gasteiger partial charge in [-0.05, 0) is 55.7 Å². The summed E-state index contributed by atoms with van der Waals surface area (Å²) in [6, 6.07) is 7.49. The molecule has 2 N–H and O–H groups in total. The number of anilines is 1. The van der Waals surface area contributed by atoms with Crippen LogP contribution in [0.15, 0.2) is 24.3 Å². The number of amides is 1. The quantitative estimate of drug-likeness (QED) is 0.749. The van der Waals surface area contributed by atoms with Crippen molar-refractivity contribution in [2.24, 2.45) is 0 Å². The van der Waals surface area contributed by atoms with Crippen molar-refractivity contribution in [1.82, 2.24) is 5.32 Å². The molecule has 1 saturated heterocycles. The zero-order valence-electron chi connectivity index (χ0n) is 13.5. The van der Waals surface area contributed by atoms with Crippen molar-refractivity contribution in [3.63, 3.8) is 0 Å². The molecule has 1 aromatic carbocycles. The van der Waals surface area contributed by atoms with Crippen molar-refractivity contribution in [3.05, 3.63) is 24.3 Å². The van der Waals surface area contributed by atoms with Crippen LogP contribution < -0.4 is 15.4 Å². The van der Waals surface area contributed by atoms with Crippen LogP contribution in [0.25, 0.3) is 0 Å². The molecule has 1 aromatic rings. The summed E-state index contributed by atoms with van der Waals surface area (Å²) >= 11 is 5.13. The van der Waals surface area contributed by atoms with Gasteiger partial charge in [0.05, 0.1) is 6.10 Å². The maximum Gasteiger partial charge on any atom is 0.226 e. The molecule has 1 aliphatic heterocycles. The molecule has 0 saturated carbocycles. The lowest BCUT2D eigenvalue weighted by atomic mass is 10.2. The van der Waals surface area contributed by atoms with E-state index in [-0.39, 0.29) is 12.0 Å². The van der Waals surface area contributed by atoms with E-state index in [4.69, 9.17) is 21.7 Å². The number of hydrogen-bond acceptors (Lipinski definition) is 4. The summed E-state index contributed by atoms with van der Waals surface area (Å²) in [7, 11) is 0. The molecule has 0 radical (unpaired) electrons. The zero-order valence-corrected chi connectivity index (χ0v) is 14.3. The molecular formula is C17H24N2O3S. The molecule has 5 nitrogen and oxygen atoms in total. The fourth-order valence-corrected chi connectivity index (χ4v) is 2.52. The van der Waals surface area contributed by atoms with Crippen molar-refractivity contribution < 1.29 is 14.3 Å². The van der Waals surface area contributed by atoms with Crippen molar-refractivity contribution in [3.8, 4) is 5.75 Å². The van der Waals surface area contributed by atoms with Gasteiger partial charge in [0, 0.05) is 18.7 Å². The lowest BCUT2D eigenvalue weighted by molar-refractivity contribution is -0.119. The van der Waals surface area contributed by atoms with Crippen molar-refractivity contribution in [1.29, 1.82) is 0 Å². The summed E-state index contributed by atoms with van der Waals surface area (Å²) in [4.78, 5) is 11.6. The predicted molar refractivity (Wildman–Crippen MR) is 94.8 cm³/mol. The SMILES string of the molecule is CCCCC(=O)NC(=S)Nc1ccc(OC[C@@H]2CCCO2)cc1. The van der Waals surface area contributed by atoms with E-state index in [1.165, 1.54) is 0 Å². The Labute approximate surface area is 142 Å².